The van der Waals surface area contributed by atoms with Gasteiger partial charge in [0.2, 0.25) is 0 Å². The molecule has 0 unspecified atom stereocenters. The van der Waals surface area contributed by atoms with Crippen molar-refractivity contribution >= 4 is 68.9 Å². The average Bonchev–Trinajstić information content (AvgIpc) is 3.50. The van der Waals surface area contributed by atoms with Crippen molar-refractivity contribution in [3.63, 3.8) is 0 Å². The van der Waals surface area contributed by atoms with Gasteiger partial charge in [-0.2, -0.15) is 54.1 Å². The van der Waals surface area contributed by atoms with Crippen molar-refractivity contribution < 1.29 is 26.2 Å². The van der Waals surface area contributed by atoms with Gasteiger partial charge in [0.1, 0.15) is 0 Å². The minimum absolute atomic E-state index is 0. The van der Waals surface area contributed by atoms with Crippen LogP contribution in [0.2, 0.25) is 0 Å². The molecule has 0 heterocycles. The van der Waals surface area contributed by atoms with Crippen molar-refractivity contribution in [2.45, 2.75) is 27.7 Å². The number of benzene rings is 4. The van der Waals surface area contributed by atoms with E-state index in [1.807, 2.05) is 42.5 Å². The molecule has 0 amide bonds. The van der Waals surface area contributed by atoms with Gasteiger partial charge in [-0.15, -0.1) is 98.4 Å². The van der Waals surface area contributed by atoms with Gasteiger partial charge in [-0.05, 0) is 8.95 Å². The van der Waals surface area contributed by atoms with Crippen molar-refractivity contribution in [2.24, 2.45) is 0 Å². The molecule has 6 rings (SSSR count). The summed E-state index contributed by atoms with van der Waals surface area (Å²) in [6.45, 7) is 12.2. The minimum Gasteiger partial charge on any atom is -0.199 e. The third kappa shape index (κ3) is 10.1. The Hall–Kier alpha value is -2.10. The second-order valence-electron chi connectivity index (χ2n) is 9.41. The Morgan fingerprint density at radius 3 is 1.50 bits per heavy atom. The van der Waals surface area contributed by atoms with E-state index in [2.05, 4.69) is 149 Å². The molecule has 0 atom stereocenters. The van der Waals surface area contributed by atoms with E-state index in [0.29, 0.717) is 0 Å². The van der Waals surface area contributed by atoms with Crippen LogP contribution in [0.4, 0.5) is 0 Å². The summed E-state index contributed by atoms with van der Waals surface area (Å²) < 4.78 is 2.37. The Morgan fingerprint density at radius 2 is 1.12 bits per heavy atom. The molecule has 2 radical (unpaired) electrons. The molecule has 0 fully saturated rings. The molecule has 0 aliphatic carbocycles. The quantitative estimate of drug-likeness (QED) is 0.116. The van der Waals surface area contributed by atoms with Crippen LogP contribution in [0.1, 0.15) is 33.4 Å². The van der Waals surface area contributed by atoms with Gasteiger partial charge in [0.25, 0.3) is 0 Å². The van der Waals surface area contributed by atoms with Crippen LogP contribution in [0, 0.1) is 34.6 Å². The zero-order valence-electron chi connectivity index (χ0n) is 23.4. The molecule has 198 valence electrons. The fourth-order valence-electron chi connectivity index (χ4n) is 4.06. The number of aryl methyl sites for hydroxylation is 3. The van der Waals surface area contributed by atoms with Crippen molar-refractivity contribution in [2.75, 3.05) is 0 Å². The zero-order chi connectivity index (χ0) is 28.4. The van der Waals surface area contributed by atoms with E-state index in [1.165, 1.54) is 52.7 Å². The maximum Gasteiger partial charge on any atom is 4.00 e. The molecule has 6 aromatic rings. The van der Waals surface area contributed by atoms with Gasteiger partial charge in [-0.3, -0.25) is 0 Å². The summed E-state index contributed by atoms with van der Waals surface area (Å²) >= 11 is 7.02. The molecule has 0 N–H and O–H groups in total. The average molecular weight is 744 g/mol. The van der Waals surface area contributed by atoms with E-state index in [0.717, 1.165) is 11.1 Å². The van der Waals surface area contributed by atoms with E-state index >= 15 is 0 Å². The first-order valence-electron chi connectivity index (χ1n) is 12.7. The van der Waals surface area contributed by atoms with Gasteiger partial charge in [-0.25, -0.2) is 0 Å². The van der Waals surface area contributed by atoms with Crippen LogP contribution in [0.3, 0.4) is 0 Å². The Labute approximate surface area is 279 Å². The van der Waals surface area contributed by atoms with Gasteiger partial charge in [-0.1, -0.05) is 93.7 Å². The maximum atomic E-state index is 3.72. The summed E-state index contributed by atoms with van der Waals surface area (Å²) in [6.07, 6.45) is 0. The van der Waals surface area contributed by atoms with E-state index in [9.17, 15) is 0 Å². The van der Waals surface area contributed by atoms with Crippen LogP contribution in [-0.4, -0.2) is 15.5 Å². The number of hydrogen-bond donors (Lipinski definition) is 0. The summed E-state index contributed by atoms with van der Waals surface area (Å²) in [4.78, 5) is 0. The van der Waals surface area contributed by atoms with Gasteiger partial charge >= 0.3 is 26.2 Å². The Balaban J connectivity index is 0.000000188. The minimum atomic E-state index is 0. The first-order chi connectivity index (χ1) is 18.7. The maximum absolute atomic E-state index is 3.72. The van der Waals surface area contributed by atoms with Crippen LogP contribution < -0.4 is 0 Å². The molecule has 0 nitrogen and oxygen atoms in total. The predicted octanol–water partition coefficient (Wildman–Crippen LogP) is 10.6. The molecule has 0 saturated heterocycles. The summed E-state index contributed by atoms with van der Waals surface area (Å²) in [6, 6.07) is 37.3. The van der Waals surface area contributed by atoms with Crippen LogP contribution in [0.5, 0.6) is 0 Å². The van der Waals surface area contributed by atoms with Crippen molar-refractivity contribution in [3.05, 3.63) is 158 Å². The normalized spacial score (nSPS) is 9.75. The molecule has 0 aliphatic heterocycles. The number of fused-ring (bicyclic) bond motifs is 2. The molecule has 0 aliphatic rings. The smallest absolute Gasteiger partial charge is 0.199 e. The van der Waals surface area contributed by atoms with Gasteiger partial charge < -0.3 is 0 Å². The van der Waals surface area contributed by atoms with Crippen molar-refractivity contribution in [1.82, 2.24) is 0 Å². The SMILES string of the molecule is Cc1cc2c(Br)cccc2[cH-]1.Cc1cc2c(Br)cccc2[cH-]1.Cc1cccc([C-]=[Si])c1C.[CH2-]c1ccccc1.[Zr+4]. The Kier molecular flexibility index (Phi) is 14.5. The first kappa shape index (κ1) is 34.1. The van der Waals surface area contributed by atoms with Crippen LogP contribution in [-0.2, 0) is 26.2 Å². The number of halogens is 2. The van der Waals surface area contributed by atoms with Gasteiger partial charge in [0.15, 0.2) is 0 Å². The Morgan fingerprint density at radius 1 is 0.650 bits per heavy atom. The fraction of sp³-hybridized carbons (Fsp3) is 0.111. The van der Waals surface area contributed by atoms with E-state index in [-0.39, 0.29) is 26.2 Å². The molecule has 6 aromatic carbocycles. The fourth-order valence-corrected chi connectivity index (χ4v) is 5.32. The van der Waals surface area contributed by atoms with E-state index < -0.39 is 0 Å². The molecule has 4 heteroatoms. The zero-order valence-corrected chi connectivity index (χ0v) is 30.0. The largest absolute Gasteiger partial charge is 4.00 e. The molecule has 0 aromatic heterocycles. The molecular formula is C36H32Br2SiZr. The second kappa shape index (κ2) is 17.0. The molecule has 40 heavy (non-hydrogen) atoms. The number of hydrogen-bond acceptors (Lipinski definition) is 0. The topological polar surface area (TPSA) is 0 Å². The third-order valence-corrected chi connectivity index (χ3v) is 7.92. The first-order valence-corrected chi connectivity index (χ1v) is 14.8. The van der Waals surface area contributed by atoms with E-state index in [4.69, 9.17) is 0 Å². The summed E-state index contributed by atoms with van der Waals surface area (Å²) in [5.74, 6) is 0. The standard InChI is InChI=1S/2C10H8Br.C9H9Si.C7H7.Zr/c2*1-7-5-8-3-2-4-10(11)9(8)6-7;1-7-4-3-5-9(6-10)8(7)2;1-7-5-3-2-4-6-7;/h2*2-6H,1H3;3-5H,1-2H3;2-6H,1H2;/q4*-1;+4. The second-order valence-corrected chi connectivity index (χ2v) is 11.4. The summed E-state index contributed by atoms with van der Waals surface area (Å²) in [5.41, 5.74) is 10.4. The predicted molar refractivity (Wildman–Crippen MR) is 181 cm³/mol. The molecule has 0 spiro atoms. The van der Waals surface area contributed by atoms with E-state index in [1.54, 1.807) is 0 Å². The molecule has 0 saturated carbocycles. The van der Waals surface area contributed by atoms with Crippen LogP contribution >= 0.6 is 31.9 Å². The third-order valence-electron chi connectivity index (χ3n) is 6.27. The van der Waals surface area contributed by atoms with Crippen molar-refractivity contribution in [1.29, 1.82) is 0 Å². The molecular weight excluding hydrogens is 712 g/mol. The molecule has 0 bridgehead atoms. The number of rotatable bonds is 1. The van der Waals surface area contributed by atoms with Crippen molar-refractivity contribution in [3.8, 4) is 0 Å². The monoisotopic (exact) mass is 740 g/mol. The van der Waals surface area contributed by atoms with Crippen LogP contribution in [0.15, 0.2) is 118 Å². The van der Waals surface area contributed by atoms with Crippen LogP contribution in [0.25, 0.3) is 21.5 Å². The van der Waals surface area contributed by atoms with Gasteiger partial charge in [0.05, 0.1) is 0 Å². The summed E-state index contributed by atoms with van der Waals surface area (Å²) in [7, 11) is 3.24. The summed E-state index contributed by atoms with van der Waals surface area (Å²) in [5, 5.41) is 5.25. The van der Waals surface area contributed by atoms with Gasteiger partial charge in [0, 0.05) is 0 Å². The Bertz CT molecular complexity index is 1570.